The van der Waals surface area contributed by atoms with Gasteiger partial charge in [0.25, 0.3) is 5.91 Å². The Hall–Kier alpha value is -2.22. The topological polar surface area (TPSA) is 83.6 Å². The minimum Gasteiger partial charge on any atom is -0.339 e. The Kier molecular flexibility index (Phi) is 6.72. The Bertz CT molecular complexity index is 980. The highest BCUT2D eigenvalue weighted by atomic mass is 35.5. The van der Waals surface area contributed by atoms with Gasteiger partial charge in [0.15, 0.2) is 5.78 Å². The number of carbonyl (C=O) groups excluding carboxylic acids is 2. The van der Waals surface area contributed by atoms with Crippen molar-refractivity contribution in [3.8, 4) is 0 Å². The highest BCUT2D eigenvalue weighted by Gasteiger charge is 2.28. The van der Waals surface area contributed by atoms with Crippen molar-refractivity contribution in [2.45, 2.75) is 19.4 Å². The number of nitrogens with zero attached hydrogens (tertiary/aromatic N) is 1. The third kappa shape index (κ3) is 5.88. The van der Waals surface area contributed by atoms with Crippen LogP contribution in [0.15, 0.2) is 48.5 Å². The Morgan fingerprint density at radius 3 is 2.10 bits per heavy atom. The lowest BCUT2D eigenvalue weighted by atomic mass is 9.88. The van der Waals surface area contributed by atoms with Crippen LogP contribution in [0.1, 0.15) is 39.1 Å². The first-order chi connectivity index (χ1) is 13.7. The predicted molar refractivity (Wildman–Crippen MR) is 113 cm³/mol. The van der Waals surface area contributed by atoms with Crippen LogP contribution in [0.5, 0.6) is 0 Å². The van der Waals surface area contributed by atoms with E-state index in [1.807, 2.05) is 0 Å². The highest BCUT2D eigenvalue weighted by molar-refractivity contribution is 7.88. The van der Waals surface area contributed by atoms with Crippen LogP contribution in [0.4, 0.5) is 0 Å². The molecule has 0 aromatic heterocycles. The molecule has 1 aliphatic heterocycles. The molecule has 8 heteroatoms. The zero-order valence-corrected chi connectivity index (χ0v) is 17.7. The molecule has 2 aromatic carbocycles. The van der Waals surface area contributed by atoms with E-state index in [2.05, 4.69) is 4.72 Å². The van der Waals surface area contributed by atoms with Gasteiger partial charge in [0.1, 0.15) is 0 Å². The van der Waals surface area contributed by atoms with Gasteiger partial charge in [0.05, 0.1) is 6.26 Å². The van der Waals surface area contributed by atoms with E-state index in [9.17, 15) is 18.0 Å². The van der Waals surface area contributed by atoms with Crippen LogP contribution >= 0.6 is 11.6 Å². The molecule has 0 saturated carbocycles. The van der Waals surface area contributed by atoms with E-state index < -0.39 is 10.0 Å². The monoisotopic (exact) mass is 434 g/mol. The van der Waals surface area contributed by atoms with E-state index in [0.717, 1.165) is 11.8 Å². The molecule has 0 unspecified atom stereocenters. The molecule has 0 spiro atoms. The summed E-state index contributed by atoms with van der Waals surface area (Å²) >= 11 is 5.88. The fraction of sp³-hybridized carbons (Fsp3) is 0.333. The number of Topliss-reactive ketones (excluding diaryl/α,β-unsaturated/α-hetero) is 1. The minimum absolute atomic E-state index is 0.0787. The van der Waals surface area contributed by atoms with Gasteiger partial charge < -0.3 is 4.90 Å². The number of halogens is 1. The third-order valence-corrected chi connectivity index (χ3v) is 5.94. The number of hydrogen-bond donors (Lipinski definition) is 1. The molecule has 0 bridgehead atoms. The van der Waals surface area contributed by atoms with E-state index >= 15 is 0 Å². The molecule has 154 valence electrons. The number of piperidine rings is 1. The van der Waals surface area contributed by atoms with Crippen molar-refractivity contribution in [1.29, 1.82) is 0 Å². The van der Waals surface area contributed by atoms with Crippen LogP contribution in [0.25, 0.3) is 0 Å². The van der Waals surface area contributed by atoms with Gasteiger partial charge in [-0.25, -0.2) is 13.1 Å². The van der Waals surface area contributed by atoms with E-state index in [4.69, 9.17) is 11.6 Å². The lowest BCUT2D eigenvalue weighted by Crippen LogP contribution is -2.40. The average Bonchev–Trinajstić information content (AvgIpc) is 2.72. The van der Waals surface area contributed by atoms with E-state index in [1.54, 1.807) is 53.4 Å². The molecule has 1 fully saturated rings. The lowest BCUT2D eigenvalue weighted by Gasteiger charge is -2.31. The average molecular weight is 435 g/mol. The smallest absolute Gasteiger partial charge is 0.253 e. The zero-order valence-electron chi connectivity index (χ0n) is 16.1. The summed E-state index contributed by atoms with van der Waals surface area (Å²) in [5.74, 6) is -0.0776. The molecular formula is C21H23ClN2O4S. The molecule has 0 radical (unpaired) electrons. The summed E-state index contributed by atoms with van der Waals surface area (Å²) in [6, 6.07) is 13.8. The van der Waals surface area contributed by atoms with Crippen LogP contribution in [0.2, 0.25) is 5.02 Å². The summed E-state index contributed by atoms with van der Waals surface area (Å²) in [5, 5.41) is 0.597. The number of sulfonamides is 1. The molecule has 1 N–H and O–H groups in total. The number of nitrogens with one attached hydrogen (secondary N) is 1. The van der Waals surface area contributed by atoms with Crippen LogP contribution in [-0.4, -0.2) is 44.4 Å². The number of amides is 1. The Morgan fingerprint density at radius 1 is 1.00 bits per heavy atom. The number of carbonyl (C=O) groups is 2. The van der Waals surface area contributed by atoms with Gasteiger partial charge in [0, 0.05) is 41.7 Å². The van der Waals surface area contributed by atoms with Crippen LogP contribution in [0, 0.1) is 5.92 Å². The first kappa shape index (κ1) is 21.5. The number of ketones is 1. The van der Waals surface area contributed by atoms with Crippen molar-refractivity contribution in [3.63, 3.8) is 0 Å². The van der Waals surface area contributed by atoms with Crippen molar-refractivity contribution >= 4 is 33.3 Å². The summed E-state index contributed by atoms with van der Waals surface area (Å²) in [5.41, 5.74) is 1.98. The molecule has 29 heavy (non-hydrogen) atoms. The third-order valence-electron chi connectivity index (χ3n) is 5.02. The van der Waals surface area contributed by atoms with Gasteiger partial charge in [0.2, 0.25) is 10.0 Å². The van der Waals surface area contributed by atoms with Gasteiger partial charge >= 0.3 is 0 Å². The van der Waals surface area contributed by atoms with Crippen LogP contribution < -0.4 is 4.72 Å². The fourth-order valence-electron chi connectivity index (χ4n) is 3.36. The van der Waals surface area contributed by atoms with Gasteiger partial charge in [-0.15, -0.1) is 0 Å². The van der Waals surface area contributed by atoms with Gasteiger partial charge in [-0.1, -0.05) is 23.7 Å². The summed E-state index contributed by atoms with van der Waals surface area (Å²) in [4.78, 5) is 27.1. The maximum Gasteiger partial charge on any atom is 0.253 e. The summed E-state index contributed by atoms with van der Waals surface area (Å²) < 4.78 is 24.7. The molecule has 3 rings (SSSR count). The molecule has 1 heterocycles. The molecule has 1 amide bonds. The van der Waals surface area contributed by atoms with E-state index in [0.29, 0.717) is 42.1 Å². The Morgan fingerprint density at radius 2 is 1.55 bits per heavy atom. The second-order valence-electron chi connectivity index (χ2n) is 7.23. The number of hydrogen-bond acceptors (Lipinski definition) is 4. The highest BCUT2D eigenvalue weighted by Crippen LogP contribution is 2.24. The standard InChI is InChI=1S/C21H23ClN2O4S/c1-29(27,28)23-14-15-2-4-18(5-3-15)21(26)24-12-10-17(11-13-24)20(25)16-6-8-19(22)9-7-16/h2-9,17,23H,10-14H2,1H3. The second-order valence-corrected chi connectivity index (χ2v) is 9.50. The molecule has 0 atom stereocenters. The molecule has 2 aromatic rings. The maximum atomic E-state index is 12.7. The second kappa shape index (κ2) is 9.07. The largest absolute Gasteiger partial charge is 0.339 e. The first-order valence-corrected chi connectivity index (χ1v) is 11.6. The van der Waals surface area contributed by atoms with Crippen LogP contribution in [-0.2, 0) is 16.6 Å². The molecule has 1 saturated heterocycles. The first-order valence-electron chi connectivity index (χ1n) is 9.35. The van der Waals surface area contributed by atoms with Crippen LogP contribution in [0.3, 0.4) is 0 Å². The molecule has 6 nitrogen and oxygen atoms in total. The predicted octanol–water partition coefficient (Wildman–Crippen LogP) is 3.12. The summed E-state index contributed by atoms with van der Waals surface area (Å²) in [6.07, 6.45) is 2.36. The lowest BCUT2D eigenvalue weighted by molar-refractivity contribution is 0.0650. The minimum atomic E-state index is -3.26. The molecule has 0 aliphatic carbocycles. The number of likely N-dealkylation sites (tertiary alicyclic amines) is 1. The van der Waals surface area contributed by atoms with E-state index in [1.165, 1.54) is 0 Å². The Labute approximate surface area is 175 Å². The normalized spacial score (nSPS) is 15.3. The summed E-state index contributed by atoms with van der Waals surface area (Å²) in [6.45, 7) is 1.24. The maximum absolute atomic E-state index is 12.7. The molecule has 1 aliphatic rings. The Balaban J connectivity index is 1.55. The van der Waals surface area contributed by atoms with Crippen molar-refractivity contribution in [2.75, 3.05) is 19.3 Å². The number of rotatable bonds is 6. The summed E-state index contributed by atoms with van der Waals surface area (Å²) in [7, 11) is -3.26. The van der Waals surface area contributed by atoms with Crippen molar-refractivity contribution in [3.05, 3.63) is 70.2 Å². The van der Waals surface area contributed by atoms with Crippen molar-refractivity contribution < 1.29 is 18.0 Å². The van der Waals surface area contributed by atoms with Gasteiger partial charge in [-0.2, -0.15) is 0 Å². The van der Waals surface area contributed by atoms with Gasteiger partial charge in [-0.3, -0.25) is 9.59 Å². The van der Waals surface area contributed by atoms with E-state index in [-0.39, 0.29) is 24.2 Å². The van der Waals surface area contributed by atoms with Crippen molar-refractivity contribution in [1.82, 2.24) is 9.62 Å². The number of benzene rings is 2. The van der Waals surface area contributed by atoms with Crippen molar-refractivity contribution in [2.24, 2.45) is 5.92 Å². The molecular weight excluding hydrogens is 412 g/mol. The zero-order chi connectivity index (χ0) is 21.0. The SMILES string of the molecule is CS(=O)(=O)NCc1ccc(C(=O)N2CCC(C(=O)c3ccc(Cl)cc3)CC2)cc1. The van der Waals surface area contributed by atoms with Gasteiger partial charge in [-0.05, 0) is 54.8 Å². The quantitative estimate of drug-likeness (QED) is 0.708. The fourth-order valence-corrected chi connectivity index (χ4v) is 3.91.